The number of carbonyl (C=O) groups excluding carboxylic acids is 1. The molecule has 0 aromatic heterocycles. The highest BCUT2D eigenvalue weighted by Gasteiger charge is 2.38. The molecule has 1 saturated heterocycles. The van der Waals surface area contributed by atoms with Crippen LogP contribution in [0.1, 0.15) is 30.5 Å². The molecule has 2 atom stereocenters. The van der Waals surface area contributed by atoms with Crippen LogP contribution in [-0.4, -0.2) is 23.4 Å². The van der Waals surface area contributed by atoms with E-state index in [0.717, 1.165) is 5.56 Å². The molecule has 0 spiro atoms. The lowest BCUT2D eigenvalue weighted by Crippen LogP contribution is -2.33. The zero-order valence-electron chi connectivity index (χ0n) is 10.1. The third-order valence-corrected chi connectivity index (χ3v) is 3.28. The molecule has 1 aliphatic heterocycles. The average Bonchev–Trinajstić information content (AvgIpc) is 2.56. The highest BCUT2D eigenvalue weighted by molar-refractivity contribution is 5.80. The van der Waals surface area contributed by atoms with Crippen LogP contribution in [0.4, 0.5) is 4.39 Å². The summed E-state index contributed by atoms with van der Waals surface area (Å²) >= 11 is 0. The molecule has 17 heavy (non-hydrogen) atoms. The first-order chi connectivity index (χ1) is 8.04. The van der Waals surface area contributed by atoms with Crippen LogP contribution in [0, 0.1) is 12.7 Å². The van der Waals surface area contributed by atoms with Gasteiger partial charge in [0.2, 0.25) is 5.91 Å². The van der Waals surface area contributed by atoms with E-state index >= 15 is 0 Å². The van der Waals surface area contributed by atoms with Gasteiger partial charge in [-0.25, -0.2) is 4.39 Å². The summed E-state index contributed by atoms with van der Waals surface area (Å²) in [6, 6.07) is 4.29. The topological polar surface area (TPSA) is 46.3 Å². The number of likely N-dealkylation sites (tertiary alicyclic amines) is 1. The highest BCUT2D eigenvalue weighted by atomic mass is 19.1. The fourth-order valence-corrected chi connectivity index (χ4v) is 2.48. The lowest BCUT2D eigenvalue weighted by Gasteiger charge is -2.26. The van der Waals surface area contributed by atoms with Crippen molar-refractivity contribution in [2.75, 3.05) is 6.54 Å². The molecule has 0 aliphatic carbocycles. The third kappa shape index (κ3) is 2.05. The van der Waals surface area contributed by atoms with E-state index in [-0.39, 0.29) is 23.8 Å². The predicted octanol–water partition coefficient (Wildman–Crippen LogP) is 1.75. The molecule has 1 fully saturated rings. The van der Waals surface area contributed by atoms with Crippen LogP contribution < -0.4 is 5.73 Å². The molecule has 1 amide bonds. The minimum absolute atomic E-state index is 0.00547. The Kier molecular flexibility index (Phi) is 3.15. The molecule has 0 radical (unpaired) electrons. The normalized spacial score (nSPS) is 24.5. The van der Waals surface area contributed by atoms with Gasteiger partial charge >= 0.3 is 0 Å². The van der Waals surface area contributed by atoms with Crippen molar-refractivity contribution in [1.82, 2.24) is 4.90 Å². The van der Waals surface area contributed by atoms with E-state index in [4.69, 9.17) is 5.73 Å². The van der Waals surface area contributed by atoms with Gasteiger partial charge in [-0.2, -0.15) is 0 Å². The Morgan fingerprint density at radius 1 is 1.53 bits per heavy atom. The standard InChI is InChI=1S/C13H17FN2O/c1-3-16-12(17)7-11(15)13(16)9-6-8(2)4-5-10(9)14/h4-6,11,13H,3,7,15H2,1-2H3. The van der Waals surface area contributed by atoms with Crippen molar-refractivity contribution in [3.63, 3.8) is 0 Å². The second-order valence-corrected chi connectivity index (χ2v) is 4.52. The Labute approximate surface area is 100 Å². The SMILES string of the molecule is CCN1C(=O)CC(N)C1c1cc(C)ccc1F. The molecule has 0 saturated carbocycles. The molecule has 2 rings (SSSR count). The zero-order chi connectivity index (χ0) is 12.6. The van der Waals surface area contributed by atoms with Gasteiger partial charge in [-0.05, 0) is 19.9 Å². The summed E-state index contributed by atoms with van der Waals surface area (Å²) in [4.78, 5) is 13.4. The lowest BCUT2D eigenvalue weighted by molar-refractivity contribution is -0.128. The summed E-state index contributed by atoms with van der Waals surface area (Å²) < 4.78 is 13.8. The van der Waals surface area contributed by atoms with Gasteiger partial charge in [0.25, 0.3) is 0 Å². The van der Waals surface area contributed by atoms with Gasteiger partial charge in [0.15, 0.2) is 0 Å². The first-order valence-corrected chi connectivity index (χ1v) is 5.85. The zero-order valence-corrected chi connectivity index (χ0v) is 10.1. The maximum Gasteiger partial charge on any atom is 0.224 e. The minimum atomic E-state index is -0.326. The van der Waals surface area contributed by atoms with Gasteiger partial charge in [0, 0.05) is 24.6 Å². The summed E-state index contributed by atoms with van der Waals surface area (Å²) in [6.07, 6.45) is 0.298. The largest absolute Gasteiger partial charge is 0.334 e. The molecule has 4 heteroatoms. The molecule has 0 bridgehead atoms. The van der Waals surface area contributed by atoms with Crippen molar-refractivity contribution in [3.8, 4) is 0 Å². The number of hydrogen-bond donors (Lipinski definition) is 1. The Morgan fingerprint density at radius 3 is 2.88 bits per heavy atom. The molecule has 92 valence electrons. The van der Waals surface area contributed by atoms with Crippen LogP contribution in [0.25, 0.3) is 0 Å². The van der Waals surface area contributed by atoms with Crippen LogP contribution >= 0.6 is 0 Å². The Morgan fingerprint density at radius 2 is 2.24 bits per heavy atom. The number of benzene rings is 1. The van der Waals surface area contributed by atoms with Crippen LogP contribution in [0.2, 0.25) is 0 Å². The van der Waals surface area contributed by atoms with E-state index in [0.29, 0.717) is 18.5 Å². The summed E-state index contributed by atoms with van der Waals surface area (Å²) in [5.41, 5.74) is 7.47. The fourth-order valence-electron chi connectivity index (χ4n) is 2.48. The van der Waals surface area contributed by atoms with E-state index in [1.165, 1.54) is 6.07 Å². The average molecular weight is 236 g/mol. The van der Waals surface area contributed by atoms with Crippen molar-refractivity contribution >= 4 is 5.91 Å². The molecule has 1 aromatic carbocycles. The number of nitrogens with zero attached hydrogens (tertiary/aromatic N) is 1. The second kappa shape index (κ2) is 4.45. The fraction of sp³-hybridized carbons (Fsp3) is 0.462. The van der Waals surface area contributed by atoms with Crippen molar-refractivity contribution in [1.29, 1.82) is 0 Å². The molecule has 1 aliphatic rings. The van der Waals surface area contributed by atoms with Crippen LogP contribution in [0.3, 0.4) is 0 Å². The first kappa shape index (κ1) is 12.0. The van der Waals surface area contributed by atoms with Gasteiger partial charge in [0.1, 0.15) is 5.82 Å². The highest BCUT2D eigenvalue weighted by Crippen LogP contribution is 2.33. The number of carbonyl (C=O) groups is 1. The third-order valence-electron chi connectivity index (χ3n) is 3.28. The molecule has 1 aromatic rings. The van der Waals surface area contributed by atoms with E-state index in [9.17, 15) is 9.18 Å². The summed E-state index contributed by atoms with van der Waals surface area (Å²) in [5.74, 6) is -0.282. The smallest absolute Gasteiger partial charge is 0.224 e. The number of halogens is 1. The number of rotatable bonds is 2. The molecule has 3 nitrogen and oxygen atoms in total. The maximum absolute atomic E-state index is 13.8. The predicted molar refractivity (Wildman–Crippen MR) is 63.9 cm³/mol. The van der Waals surface area contributed by atoms with Gasteiger partial charge in [-0.15, -0.1) is 0 Å². The molecular formula is C13H17FN2O. The number of aryl methyl sites for hydroxylation is 1. The van der Waals surface area contributed by atoms with E-state index in [1.807, 2.05) is 13.8 Å². The van der Waals surface area contributed by atoms with Crippen LogP contribution in [0.15, 0.2) is 18.2 Å². The van der Waals surface area contributed by atoms with E-state index in [2.05, 4.69) is 0 Å². The van der Waals surface area contributed by atoms with Crippen molar-refractivity contribution in [3.05, 3.63) is 35.1 Å². The van der Waals surface area contributed by atoms with Crippen molar-refractivity contribution in [2.45, 2.75) is 32.4 Å². The van der Waals surface area contributed by atoms with Crippen molar-refractivity contribution in [2.24, 2.45) is 5.73 Å². The Hall–Kier alpha value is -1.42. The summed E-state index contributed by atoms with van der Waals surface area (Å²) in [6.45, 7) is 4.35. The van der Waals surface area contributed by atoms with Crippen LogP contribution in [-0.2, 0) is 4.79 Å². The molecule has 1 heterocycles. The quantitative estimate of drug-likeness (QED) is 0.850. The molecule has 2 N–H and O–H groups in total. The Bertz CT molecular complexity index is 447. The van der Waals surface area contributed by atoms with Gasteiger partial charge in [-0.3, -0.25) is 4.79 Å². The van der Waals surface area contributed by atoms with Crippen LogP contribution in [0.5, 0.6) is 0 Å². The molecular weight excluding hydrogens is 219 g/mol. The summed E-state index contributed by atoms with van der Waals surface area (Å²) in [5, 5.41) is 0. The number of nitrogens with two attached hydrogens (primary N) is 1. The van der Waals surface area contributed by atoms with E-state index < -0.39 is 0 Å². The second-order valence-electron chi connectivity index (χ2n) is 4.52. The van der Waals surface area contributed by atoms with E-state index in [1.54, 1.807) is 17.0 Å². The van der Waals surface area contributed by atoms with Gasteiger partial charge in [-0.1, -0.05) is 17.7 Å². The number of amides is 1. The monoisotopic (exact) mass is 236 g/mol. The first-order valence-electron chi connectivity index (χ1n) is 5.85. The minimum Gasteiger partial charge on any atom is -0.334 e. The van der Waals surface area contributed by atoms with Crippen molar-refractivity contribution < 1.29 is 9.18 Å². The lowest BCUT2D eigenvalue weighted by atomic mass is 9.98. The summed E-state index contributed by atoms with van der Waals surface area (Å²) in [7, 11) is 0. The van der Waals surface area contributed by atoms with Gasteiger partial charge in [0.05, 0.1) is 6.04 Å². The molecule has 2 unspecified atom stereocenters. The number of hydrogen-bond acceptors (Lipinski definition) is 2. The van der Waals surface area contributed by atoms with Gasteiger partial charge < -0.3 is 10.6 Å². The Balaban J connectivity index is 2.44. The maximum atomic E-state index is 13.8. The number of likely N-dealkylation sites (N-methyl/N-ethyl adjacent to an activating group) is 1.